The average molecular weight is 307 g/mol. The second-order valence-corrected chi connectivity index (χ2v) is 5.58. The quantitative estimate of drug-likeness (QED) is 0.851. The van der Waals surface area contributed by atoms with Crippen LogP contribution in [0.5, 0.6) is 0 Å². The second-order valence-electron chi connectivity index (χ2n) is 5.17. The fraction of sp³-hybridized carbons (Fsp3) is 0.500. The number of benzene rings is 1. The first-order valence-corrected chi connectivity index (χ1v) is 7.90. The van der Waals surface area contributed by atoms with Gasteiger partial charge in [-0.15, -0.1) is 0 Å². The van der Waals surface area contributed by atoms with Crippen LogP contribution in [0, 0.1) is 6.92 Å². The van der Waals surface area contributed by atoms with E-state index in [1.807, 2.05) is 16.8 Å². The summed E-state index contributed by atoms with van der Waals surface area (Å²) in [4.78, 5) is 4.41. The van der Waals surface area contributed by atoms with E-state index in [0.717, 1.165) is 42.3 Å². The van der Waals surface area contributed by atoms with E-state index < -0.39 is 0 Å². The summed E-state index contributed by atoms with van der Waals surface area (Å²) in [7, 11) is 0. The Morgan fingerprint density at radius 1 is 1.33 bits per heavy atom. The monoisotopic (exact) mass is 306 g/mol. The van der Waals surface area contributed by atoms with Crippen molar-refractivity contribution in [1.82, 2.24) is 20.1 Å². The number of nitrogens with zero attached hydrogens (tertiary/aromatic N) is 3. The highest BCUT2D eigenvalue weighted by Crippen LogP contribution is 2.26. The van der Waals surface area contributed by atoms with E-state index in [-0.39, 0.29) is 6.04 Å². The fourth-order valence-electron chi connectivity index (χ4n) is 2.57. The van der Waals surface area contributed by atoms with Gasteiger partial charge in [0.25, 0.3) is 0 Å². The van der Waals surface area contributed by atoms with Crippen LogP contribution in [-0.2, 0) is 13.0 Å². The zero-order valence-corrected chi connectivity index (χ0v) is 13.7. The topological polar surface area (TPSA) is 42.7 Å². The maximum absolute atomic E-state index is 6.26. The lowest BCUT2D eigenvalue weighted by atomic mass is 9.98. The van der Waals surface area contributed by atoms with Gasteiger partial charge in [0, 0.05) is 24.0 Å². The van der Waals surface area contributed by atoms with Crippen molar-refractivity contribution in [2.24, 2.45) is 0 Å². The molecule has 0 radical (unpaired) electrons. The second kappa shape index (κ2) is 7.57. The Kier molecular flexibility index (Phi) is 5.76. The van der Waals surface area contributed by atoms with Crippen LogP contribution in [0.15, 0.2) is 24.5 Å². The Bertz CT molecular complexity index is 579. The van der Waals surface area contributed by atoms with Gasteiger partial charge in [-0.25, -0.2) is 4.98 Å². The predicted octanol–water partition coefficient (Wildman–Crippen LogP) is 3.54. The minimum Gasteiger partial charge on any atom is -0.310 e. The van der Waals surface area contributed by atoms with E-state index >= 15 is 0 Å². The van der Waals surface area contributed by atoms with E-state index in [2.05, 4.69) is 42.2 Å². The van der Waals surface area contributed by atoms with E-state index in [4.69, 9.17) is 11.6 Å². The minimum atomic E-state index is 0.202. The molecule has 0 amide bonds. The lowest BCUT2D eigenvalue weighted by Gasteiger charge is -2.21. The molecule has 114 valence electrons. The molecule has 0 aliphatic carbocycles. The third kappa shape index (κ3) is 3.83. The summed E-state index contributed by atoms with van der Waals surface area (Å²) in [6.07, 6.45) is 3.51. The van der Waals surface area contributed by atoms with Crippen LogP contribution in [-0.4, -0.2) is 21.3 Å². The van der Waals surface area contributed by atoms with Crippen molar-refractivity contribution in [3.05, 3.63) is 46.5 Å². The van der Waals surface area contributed by atoms with Crippen molar-refractivity contribution >= 4 is 11.6 Å². The SMILES string of the molecule is CCCn1ncnc1CC(NCC)c1cccc(Cl)c1C. The predicted molar refractivity (Wildman–Crippen MR) is 86.6 cm³/mol. The number of nitrogens with one attached hydrogen (secondary N) is 1. The zero-order chi connectivity index (χ0) is 15.2. The molecule has 5 heteroatoms. The van der Waals surface area contributed by atoms with Crippen molar-refractivity contribution in [2.45, 2.75) is 46.2 Å². The number of likely N-dealkylation sites (N-methyl/N-ethyl adjacent to an activating group) is 1. The number of aromatic nitrogens is 3. The molecule has 0 saturated heterocycles. The molecule has 1 aromatic carbocycles. The summed E-state index contributed by atoms with van der Waals surface area (Å²) < 4.78 is 1.99. The van der Waals surface area contributed by atoms with Crippen LogP contribution in [0.25, 0.3) is 0 Å². The normalized spacial score (nSPS) is 12.6. The summed E-state index contributed by atoms with van der Waals surface area (Å²) in [5.74, 6) is 1.02. The number of rotatable bonds is 7. The van der Waals surface area contributed by atoms with Gasteiger partial charge in [0.2, 0.25) is 0 Å². The van der Waals surface area contributed by atoms with Crippen LogP contribution < -0.4 is 5.32 Å². The third-order valence-electron chi connectivity index (χ3n) is 3.65. The van der Waals surface area contributed by atoms with E-state index in [1.165, 1.54) is 5.56 Å². The highest BCUT2D eigenvalue weighted by Gasteiger charge is 2.17. The molecule has 4 nitrogen and oxygen atoms in total. The largest absolute Gasteiger partial charge is 0.310 e. The first-order chi connectivity index (χ1) is 10.2. The molecule has 1 aromatic heterocycles. The maximum atomic E-state index is 6.26. The first-order valence-electron chi connectivity index (χ1n) is 7.52. The zero-order valence-electron chi connectivity index (χ0n) is 12.9. The standard InChI is InChI=1S/C16H23ClN4/c1-4-9-21-16(19-11-20-21)10-15(18-5-2)13-7-6-8-14(17)12(13)3/h6-8,11,15,18H,4-5,9-10H2,1-3H3. The van der Waals surface area contributed by atoms with Gasteiger partial charge in [-0.1, -0.05) is 37.6 Å². The van der Waals surface area contributed by atoms with Crippen LogP contribution in [0.3, 0.4) is 0 Å². The van der Waals surface area contributed by atoms with Gasteiger partial charge in [-0.2, -0.15) is 5.10 Å². The highest BCUT2D eigenvalue weighted by atomic mass is 35.5. The lowest BCUT2D eigenvalue weighted by molar-refractivity contribution is 0.497. The van der Waals surface area contributed by atoms with Crippen LogP contribution in [0.1, 0.15) is 43.3 Å². The van der Waals surface area contributed by atoms with Crippen LogP contribution in [0.2, 0.25) is 5.02 Å². The van der Waals surface area contributed by atoms with Gasteiger partial charge in [-0.05, 0) is 37.1 Å². The molecule has 0 spiro atoms. The average Bonchev–Trinajstić information content (AvgIpc) is 2.89. The number of hydrogen-bond donors (Lipinski definition) is 1. The van der Waals surface area contributed by atoms with Crippen molar-refractivity contribution in [1.29, 1.82) is 0 Å². The molecule has 1 N–H and O–H groups in total. The molecule has 0 aliphatic rings. The van der Waals surface area contributed by atoms with Gasteiger partial charge in [-0.3, -0.25) is 4.68 Å². The van der Waals surface area contributed by atoms with E-state index in [1.54, 1.807) is 6.33 Å². The molecule has 0 fully saturated rings. The van der Waals surface area contributed by atoms with Gasteiger partial charge >= 0.3 is 0 Å². The first kappa shape index (κ1) is 16.0. The van der Waals surface area contributed by atoms with E-state index in [9.17, 15) is 0 Å². The van der Waals surface area contributed by atoms with Gasteiger partial charge in [0.1, 0.15) is 12.2 Å². The van der Waals surface area contributed by atoms with E-state index in [0.29, 0.717) is 0 Å². The third-order valence-corrected chi connectivity index (χ3v) is 4.06. The molecule has 1 unspecified atom stereocenters. The Morgan fingerprint density at radius 2 is 2.14 bits per heavy atom. The Balaban J connectivity index is 2.26. The van der Waals surface area contributed by atoms with Crippen LogP contribution >= 0.6 is 11.6 Å². The minimum absolute atomic E-state index is 0.202. The van der Waals surface area contributed by atoms with Crippen molar-refractivity contribution in [2.75, 3.05) is 6.54 Å². The molecule has 2 rings (SSSR count). The van der Waals surface area contributed by atoms with Gasteiger partial charge in [0.05, 0.1) is 0 Å². The summed E-state index contributed by atoms with van der Waals surface area (Å²) >= 11 is 6.26. The molecule has 2 aromatic rings. The number of halogens is 1. The Hall–Kier alpha value is -1.39. The molecular weight excluding hydrogens is 284 g/mol. The number of hydrogen-bond acceptors (Lipinski definition) is 3. The molecule has 0 aliphatic heterocycles. The van der Waals surface area contributed by atoms with Gasteiger partial charge < -0.3 is 5.32 Å². The lowest BCUT2D eigenvalue weighted by Crippen LogP contribution is -2.25. The smallest absolute Gasteiger partial charge is 0.138 e. The van der Waals surface area contributed by atoms with Crippen LogP contribution in [0.4, 0.5) is 0 Å². The van der Waals surface area contributed by atoms with Gasteiger partial charge in [0.15, 0.2) is 0 Å². The summed E-state index contributed by atoms with van der Waals surface area (Å²) in [5, 5.41) is 8.65. The molecular formula is C16H23ClN4. The molecule has 1 atom stereocenters. The summed E-state index contributed by atoms with van der Waals surface area (Å²) in [5.41, 5.74) is 2.36. The number of aryl methyl sites for hydroxylation is 1. The Labute approximate surface area is 131 Å². The summed E-state index contributed by atoms with van der Waals surface area (Å²) in [6, 6.07) is 6.28. The van der Waals surface area contributed by atoms with Crippen molar-refractivity contribution in [3.63, 3.8) is 0 Å². The molecule has 1 heterocycles. The van der Waals surface area contributed by atoms with Crippen molar-refractivity contribution in [3.8, 4) is 0 Å². The van der Waals surface area contributed by atoms with Crippen molar-refractivity contribution < 1.29 is 0 Å². The Morgan fingerprint density at radius 3 is 2.86 bits per heavy atom. The maximum Gasteiger partial charge on any atom is 0.138 e. The fourth-order valence-corrected chi connectivity index (χ4v) is 2.75. The molecule has 0 saturated carbocycles. The summed E-state index contributed by atoms with van der Waals surface area (Å²) in [6.45, 7) is 8.14. The molecule has 0 bridgehead atoms. The molecule has 21 heavy (non-hydrogen) atoms. The highest BCUT2D eigenvalue weighted by molar-refractivity contribution is 6.31.